The van der Waals surface area contributed by atoms with Crippen LogP contribution in [0, 0.1) is 0 Å². The monoisotopic (exact) mass is 305 g/mol. The summed E-state index contributed by atoms with van der Waals surface area (Å²) >= 11 is 0. The molecule has 1 heterocycles. The van der Waals surface area contributed by atoms with Gasteiger partial charge in [0.25, 0.3) is 0 Å². The lowest BCUT2D eigenvalue weighted by molar-refractivity contribution is -0.145. The van der Waals surface area contributed by atoms with Crippen LogP contribution in [0.15, 0.2) is 0 Å². The molecule has 1 saturated heterocycles. The lowest BCUT2D eigenvalue weighted by Crippen LogP contribution is -2.42. The summed E-state index contributed by atoms with van der Waals surface area (Å²) in [4.78, 5) is 12.6. The molecular formula is C14H27NO6. The Labute approximate surface area is 125 Å². The first-order valence-corrected chi connectivity index (χ1v) is 7.35. The van der Waals surface area contributed by atoms with Crippen molar-refractivity contribution in [3.8, 4) is 0 Å². The minimum Gasteiger partial charge on any atom is -0.480 e. The van der Waals surface area contributed by atoms with Gasteiger partial charge in [0.1, 0.15) is 6.61 Å². The number of likely N-dealkylation sites (tertiary alicyclic amines) is 1. The molecule has 0 radical (unpaired) electrons. The van der Waals surface area contributed by atoms with Gasteiger partial charge >= 0.3 is 5.97 Å². The normalized spacial score (nSPS) is 20.3. The molecule has 2 atom stereocenters. The smallest absolute Gasteiger partial charge is 0.329 e. The van der Waals surface area contributed by atoms with E-state index in [1.165, 1.54) is 0 Å². The Morgan fingerprint density at radius 1 is 1.33 bits per heavy atom. The Balaban J connectivity index is 2.12. The molecule has 21 heavy (non-hydrogen) atoms. The van der Waals surface area contributed by atoms with Gasteiger partial charge in [0.05, 0.1) is 31.5 Å². The Morgan fingerprint density at radius 3 is 2.57 bits per heavy atom. The third-order valence-corrected chi connectivity index (χ3v) is 3.42. The van der Waals surface area contributed by atoms with Crippen LogP contribution < -0.4 is 0 Å². The van der Waals surface area contributed by atoms with Gasteiger partial charge in [-0.05, 0) is 19.8 Å². The van der Waals surface area contributed by atoms with Crippen LogP contribution >= 0.6 is 0 Å². The van der Waals surface area contributed by atoms with Crippen molar-refractivity contribution in [3.63, 3.8) is 0 Å². The van der Waals surface area contributed by atoms with Crippen molar-refractivity contribution in [1.29, 1.82) is 0 Å². The highest BCUT2D eigenvalue weighted by Crippen LogP contribution is 2.14. The maximum atomic E-state index is 10.4. The summed E-state index contributed by atoms with van der Waals surface area (Å²) in [6.45, 7) is 4.63. The number of ether oxygens (including phenoxy) is 3. The van der Waals surface area contributed by atoms with Crippen molar-refractivity contribution in [1.82, 2.24) is 4.90 Å². The maximum absolute atomic E-state index is 10.4. The molecule has 2 unspecified atom stereocenters. The fourth-order valence-corrected chi connectivity index (χ4v) is 2.36. The third kappa shape index (κ3) is 8.33. The van der Waals surface area contributed by atoms with Gasteiger partial charge in [-0.1, -0.05) is 0 Å². The second-order valence-electron chi connectivity index (χ2n) is 5.46. The lowest BCUT2D eigenvalue weighted by atomic mass is 10.1. The molecule has 1 aliphatic rings. The highest BCUT2D eigenvalue weighted by Gasteiger charge is 2.22. The van der Waals surface area contributed by atoms with E-state index in [4.69, 9.17) is 19.3 Å². The average molecular weight is 305 g/mol. The van der Waals surface area contributed by atoms with Gasteiger partial charge in [0, 0.05) is 26.7 Å². The number of aliphatic hydroxyl groups is 1. The SMILES string of the molecule is COCC(C)OCC(O)CN1CCC(OCC(=O)O)CC1. The molecule has 7 nitrogen and oxygen atoms in total. The maximum Gasteiger partial charge on any atom is 0.329 e. The van der Waals surface area contributed by atoms with Crippen LogP contribution in [0.3, 0.4) is 0 Å². The predicted octanol–water partition coefficient (Wildman–Crippen LogP) is -0.0356. The Bertz CT molecular complexity index is 293. The molecule has 0 saturated carbocycles. The number of β-amino-alcohol motifs (C(OH)–C–C–N with tert-alkyl or cyclic N) is 1. The van der Waals surface area contributed by atoms with E-state index in [1.54, 1.807) is 7.11 Å². The van der Waals surface area contributed by atoms with Crippen molar-refractivity contribution in [2.24, 2.45) is 0 Å². The summed E-state index contributed by atoms with van der Waals surface area (Å²) in [5, 5.41) is 18.5. The number of hydrogen-bond donors (Lipinski definition) is 2. The van der Waals surface area contributed by atoms with Gasteiger partial charge in [-0.3, -0.25) is 0 Å². The van der Waals surface area contributed by atoms with Gasteiger partial charge in [-0.15, -0.1) is 0 Å². The zero-order valence-corrected chi connectivity index (χ0v) is 12.9. The number of carboxylic acids is 1. The van der Waals surface area contributed by atoms with Crippen molar-refractivity contribution >= 4 is 5.97 Å². The van der Waals surface area contributed by atoms with Crippen LogP contribution in [-0.2, 0) is 19.0 Å². The van der Waals surface area contributed by atoms with Gasteiger partial charge in [-0.2, -0.15) is 0 Å². The van der Waals surface area contributed by atoms with Crippen molar-refractivity contribution in [3.05, 3.63) is 0 Å². The fourth-order valence-electron chi connectivity index (χ4n) is 2.36. The van der Waals surface area contributed by atoms with Crippen LogP contribution in [0.5, 0.6) is 0 Å². The number of piperidine rings is 1. The number of carbonyl (C=O) groups is 1. The molecule has 0 bridgehead atoms. The van der Waals surface area contributed by atoms with Crippen molar-refractivity contribution < 1.29 is 29.2 Å². The first-order chi connectivity index (χ1) is 10.0. The fraction of sp³-hybridized carbons (Fsp3) is 0.929. The number of carboxylic acid groups (broad SMARTS) is 1. The highest BCUT2D eigenvalue weighted by atomic mass is 16.5. The molecular weight excluding hydrogens is 278 g/mol. The van der Waals surface area contributed by atoms with E-state index in [0.29, 0.717) is 19.8 Å². The highest BCUT2D eigenvalue weighted by molar-refractivity contribution is 5.68. The Hall–Kier alpha value is -0.730. The van der Waals surface area contributed by atoms with Crippen molar-refractivity contribution in [2.45, 2.75) is 38.1 Å². The molecule has 0 amide bonds. The van der Waals surface area contributed by atoms with Crippen LogP contribution in [0.1, 0.15) is 19.8 Å². The Morgan fingerprint density at radius 2 is 2.00 bits per heavy atom. The minimum atomic E-state index is -0.935. The van der Waals surface area contributed by atoms with Crippen LogP contribution in [0.25, 0.3) is 0 Å². The molecule has 0 spiro atoms. The lowest BCUT2D eigenvalue weighted by Gasteiger charge is -2.32. The van der Waals surface area contributed by atoms with E-state index in [1.807, 2.05) is 6.92 Å². The second-order valence-corrected chi connectivity index (χ2v) is 5.46. The summed E-state index contributed by atoms with van der Waals surface area (Å²) in [6.07, 6.45) is 1.04. The van der Waals surface area contributed by atoms with E-state index in [0.717, 1.165) is 25.9 Å². The van der Waals surface area contributed by atoms with Gasteiger partial charge < -0.3 is 29.3 Å². The molecule has 0 aliphatic carbocycles. The number of nitrogens with zero attached hydrogens (tertiary/aromatic N) is 1. The first-order valence-electron chi connectivity index (χ1n) is 7.35. The second kappa shape index (κ2) is 10.1. The number of aliphatic hydroxyl groups excluding tert-OH is 1. The van der Waals surface area contributed by atoms with E-state index < -0.39 is 12.1 Å². The Kier molecular flexibility index (Phi) is 8.79. The van der Waals surface area contributed by atoms with Crippen molar-refractivity contribution in [2.75, 3.05) is 46.6 Å². The average Bonchev–Trinajstić information content (AvgIpc) is 2.45. The molecule has 0 aromatic rings. The molecule has 124 valence electrons. The molecule has 1 aliphatic heterocycles. The summed E-state index contributed by atoms with van der Waals surface area (Å²) in [5.41, 5.74) is 0. The summed E-state index contributed by atoms with van der Waals surface area (Å²) < 4.78 is 15.7. The van der Waals surface area contributed by atoms with Gasteiger partial charge in [0.2, 0.25) is 0 Å². The zero-order valence-electron chi connectivity index (χ0n) is 12.9. The number of aliphatic carboxylic acids is 1. The summed E-state index contributed by atoms with van der Waals surface area (Å²) in [6, 6.07) is 0. The quantitative estimate of drug-likeness (QED) is 0.585. The first kappa shape index (κ1) is 18.3. The molecule has 1 rings (SSSR count). The van der Waals surface area contributed by atoms with E-state index in [9.17, 15) is 9.90 Å². The number of hydrogen-bond acceptors (Lipinski definition) is 6. The molecule has 0 aromatic heterocycles. The molecule has 7 heteroatoms. The van der Waals surface area contributed by atoms with E-state index >= 15 is 0 Å². The van der Waals surface area contributed by atoms with E-state index in [2.05, 4.69) is 4.90 Å². The summed E-state index contributed by atoms with van der Waals surface area (Å²) in [5.74, 6) is -0.935. The zero-order chi connectivity index (χ0) is 15.7. The van der Waals surface area contributed by atoms with Gasteiger partial charge in [0.15, 0.2) is 0 Å². The largest absolute Gasteiger partial charge is 0.480 e. The van der Waals surface area contributed by atoms with Gasteiger partial charge in [-0.25, -0.2) is 4.79 Å². The standard InChI is InChI=1S/C14H27NO6/c1-11(8-19-2)20-9-12(16)7-15-5-3-13(4-6-15)21-10-14(17)18/h11-13,16H,3-10H2,1-2H3,(H,17,18). The van der Waals surface area contributed by atoms with E-state index in [-0.39, 0.29) is 18.8 Å². The van der Waals surface area contributed by atoms with Crippen LogP contribution in [-0.4, -0.2) is 86.0 Å². The predicted molar refractivity (Wildman–Crippen MR) is 76.3 cm³/mol. The molecule has 2 N–H and O–H groups in total. The topological polar surface area (TPSA) is 88.5 Å². The summed E-state index contributed by atoms with van der Waals surface area (Å²) in [7, 11) is 1.62. The number of methoxy groups -OCH3 is 1. The minimum absolute atomic E-state index is 0.00691. The molecule has 1 fully saturated rings. The number of rotatable bonds is 10. The molecule has 0 aromatic carbocycles. The van der Waals surface area contributed by atoms with Crippen LogP contribution in [0.2, 0.25) is 0 Å². The van der Waals surface area contributed by atoms with Crippen LogP contribution in [0.4, 0.5) is 0 Å². The third-order valence-electron chi connectivity index (χ3n) is 3.42.